The molecule has 0 saturated carbocycles. The fourth-order valence-electron chi connectivity index (χ4n) is 1.39. The van der Waals surface area contributed by atoms with Gasteiger partial charge in [-0.1, -0.05) is 0 Å². The summed E-state index contributed by atoms with van der Waals surface area (Å²) in [7, 11) is 3.76. The van der Waals surface area contributed by atoms with Gasteiger partial charge >= 0.3 is 17.9 Å². The Hall–Kier alpha value is -2.03. The van der Waals surface area contributed by atoms with Gasteiger partial charge in [-0.25, -0.2) is 0 Å². The Morgan fingerprint density at radius 1 is 0.900 bits per heavy atom. The molecule has 0 bridgehead atoms. The van der Waals surface area contributed by atoms with E-state index in [0.29, 0.717) is 19.3 Å². The van der Waals surface area contributed by atoms with Crippen LogP contribution in [-0.2, 0) is 28.6 Å². The Bertz CT molecular complexity index is 374. The largest absolute Gasteiger partial charge is 0.469 e. The molecule has 0 aliphatic heterocycles. The summed E-state index contributed by atoms with van der Waals surface area (Å²) in [5.74, 6) is 3.04. The number of carbonyl (C=O) groups is 3. The average molecular weight is 284 g/mol. The lowest BCUT2D eigenvalue weighted by atomic mass is 10.1. The lowest BCUT2D eigenvalue weighted by Gasteiger charge is -2.08. The Labute approximate surface area is 118 Å². The topological polar surface area (TPSA) is 78.9 Å². The molecule has 0 saturated heterocycles. The fourth-order valence-corrected chi connectivity index (χ4v) is 1.39. The summed E-state index contributed by atoms with van der Waals surface area (Å²) in [6.07, 6.45) is 2.47. The van der Waals surface area contributed by atoms with E-state index in [4.69, 9.17) is 0 Å². The van der Waals surface area contributed by atoms with Crippen molar-refractivity contribution in [3.8, 4) is 11.8 Å². The molecule has 0 N–H and O–H groups in total. The van der Waals surface area contributed by atoms with Crippen molar-refractivity contribution in [3.05, 3.63) is 0 Å². The number of hydrogen-bond acceptors (Lipinski definition) is 6. The number of unbranched alkanes of at least 4 members (excludes halogenated alkanes) is 2. The summed E-state index contributed by atoms with van der Waals surface area (Å²) < 4.78 is 13.5. The Balaban J connectivity index is 4.05. The van der Waals surface area contributed by atoms with E-state index in [-0.39, 0.29) is 12.4 Å². The molecule has 6 heteroatoms. The Morgan fingerprint density at radius 3 is 2.00 bits per heavy atom. The van der Waals surface area contributed by atoms with Crippen LogP contribution < -0.4 is 0 Å². The van der Waals surface area contributed by atoms with Gasteiger partial charge in [0.25, 0.3) is 0 Å². The van der Waals surface area contributed by atoms with E-state index < -0.39 is 17.9 Å². The minimum absolute atomic E-state index is 0.0658. The van der Waals surface area contributed by atoms with Gasteiger partial charge in [0.05, 0.1) is 21.3 Å². The first-order chi connectivity index (χ1) is 9.56. The molecule has 20 heavy (non-hydrogen) atoms. The molecule has 0 aliphatic carbocycles. The molecular weight excluding hydrogens is 264 g/mol. The van der Waals surface area contributed by atoms with Gasteiger partial charge in [-0.05, 0) is 12.8 Å². The first-order valence-corrected chi connectivity index (χ1v) is 6.25. The molecular formula is C14H20O6. The third-order valence-electron chi connectivity index (χ3n) is 2.56. The monoisotopic (exact) mass is 284 g/mol. The van der Waals surface area contributed by atoms with Gasteiger partial charge in [0.1, 0.15) is 0 Å². The number of hydrogen-bond donors (Lipinski definition) is 0. The third-order valence-corrected chi connectivity index (χ3v) is 2.56. The van der Waals surface area contributed by atoms with Crippen molar-refractivity contribution in [3.63, 3.8) is 0 Å². The summed E-state index contributed by atoms with van der Waals surface area (Å²) in [6.45, 7) is 0. The maximum Gasteiger partial charge on any atom is 0.321 e. The molecule has 0 rings (SSSR count). The molecule has 0 aromatic heterocycles. The number of ether oxygens (including phenoxy) is 3. The number of carbonyl (C=O) groups excluding carboxylic acids is 3. The number of rotatable bonds is 7. The van der Waals surface area contributed by atoms with E-state index in [1.165, 1.54) is 21.3 Å². The van der Waals surface area contributed by atoms with Crippen LogP contribution in [0.4, 0.5) is 0 Å². The minimum atomic E-state index is -1.01. The number of methoxy groups -OCH3 is 3. The smallest absolute Gasteiger partial charge is 0.321 e. The van der Waals surface area contributed by atoms with Crippen LogP contribution in [-0.4, -0.2) is 39.2 Å². The van der Waals surface area contributed by atoms with Crippen LogP contribution in [0.5, 0.6) is 0 Å². The lowest BCUT2D eigenvalue weighted by Crippen LogP contribution is -2.26. The summed E-state index contributed by atoms with van der Waals surface area (Å²) >= 11 is 0. The normalized spacial score (nSPS) is 9.40. The SMILES string of the molecule is COC(=O)CCCCC#CCC(C(=O)OC)C(=O)OC. The average Bonchev–Trinajstić information content (AvgIpc) is 2.48. The predicted molar refractivity (Wildman–Crippen MR) is 70.4 cm³/mol. The summed E-state index contributed by atoms with van der Waals surface area (Å²) in [6, 6.07) is 0. The highest BCUT2D eigenvalue weighted by atomic mass is 16.5. The first-order valence-electron chi connectivity index (χ1n) is 6.25. The quantitative estimate of drug-likeness (QED) is 0.229. The van der Waals surface area contributed by atoms with Crippen molar-refractivity contribution in [1.82, 2.24) is 0 Å². The van der Waals surface area contributed by atoms with Crippen molar-refractivity contribution in [2.45, 2.75) is 32.1 Å². The zero-order valence-corrected chi connectivity index (χ0v) is 12.1. The van der Waals surface area contributed by atoms with Crippen LogP contribution in [0.3, 0.4) is 0 Å². The summed E-state index contributed by atoms with van der Waals surface area (Å²) in [4.78, 5) is 33.5. The molecule has 0 aromatic rings. The molecule has 0 fully saturated rings. The highest BCUT2D eigenvalue weighted by Crippen LogP contribution is 2.07. The Kier molecular flexibility index (Phi) is 9.75. The van der Waals surface area contributed by atoms with E-state index in [2.05, 4.69) is 26.1 Å². The van der Waals surface area contributed by atoms with Gasteiger partial charge in [-0.15, -0.1) is 11.8 Å². The van der Waals surface area contributed by atoms with E-state index in [9.17, 15) is 14.4 Å². The van der Waals surface area contributed by atoms with Crippen molar-refractivity contribution in [2.75, 3.05) is 21.3 Å². The second-order valence-electron chi connectivity index (χ2n) is 3.94. The molecule has 6 nitrogen and oxygen atoms in total. The first kappa shape index (κ1) is 18.0. The van der Waals surface area contributed by atoms with Gasteiger partial charge in [-0.3, -0.25) is 14.4 Å². The second-order valence-corrected chi connectivity index (χ2v) is 3.94. The minimum Gasteiger partial charge on any atom is -0.469 e. The molecule has 0 aliphatic rings. The maximum absolute atomic E-state index is 11.3. The van der Waals surface area contributed by atoms with Crippen molar-refractivity contribution >= 4 is 17.9 Å². The van der Waals surface area contributed by atoms with Gasteiger partial charge in [0, 0.05) is 19.3 Å². The standard InChI is InChI=1S/C14H20O6/c1-18-12(15)10-8-6-4-5-7-9-11(13(16)19-2)14(17)20-3/h11H,4,6,8-10H2,1-3H3. The molecule has 0 radical (unpaired) electrons. The van der Waals surface area contributed by atoms with Crippen LogP contribution in [0.2, 0.25) is 0 Å². The lowest BCUT2D eigenvalue weighted by molar-refractivity contribution is -0.158. The summed E-state index contributed by atoms with van der Waals surface area (Å²) in [5, 5.41) is 0. The van der Waals surface area contributed by atoms with Gasteiger partial charge in [0.2, 0.25) is 0 Å². The van der Waals surface area contributed by atoms with Crippen LogP contribution in [0, 0.1) is 17.8 Å². The van der Waals surface area contributed by atoms with E-state index >= 15 is 0 Å². The maximum atomic E-state index is 11.3. The predicted octanol–water partition coefficient (Wildman–Crippen LogP) is 1.08. The van der Waals surface area contributed by atoms with Crippen molar-refractivity contribution in [1.29, 1.82) is 0 Å². The van der Waals surface area contributed by atoms with E-state index in [1.54, 1.807) is 0 Å². The molecule has 0 spiro atoms. The zero-order chi connectivity index (χ0) is 15.4. The summed E-state index contributed by atoms with van der Waals surface area (Å²) in [5.41, 5.74) is 0. The Morgan fingerprint density at radius 2 is 1.50 bits per heavy atom. The number of esters is 3. The highest BCUT2D eigenvalue weighted by Gasteiger charge is 2.27. The zero-order valence-electron chi connectivity index (χ0n) is 12.1. The second kappa shape index (κ2) is 10.9. The highest BCUT2D eigenvalue weighted by molar-refractivity contribution is 5.95. The van der Waals surface area contributed by atoms with E-state index in [0.717, 1.165) is 6.42 Å². The van der Waals surface area contributed by atoms with Gasteiger partial charge < -0.3 is 14.2 Å². The molecule has 0 aromatic carbocycles. The van der Waals surface area contributed by atoms with Gasteiger partial charge in [0.15, 0.2) is 5.92 Å². The van der Waals surface area contributed by atoms with Gasteiger partial charge in [-0.2, -0.15) is 0 Å². The fraction of sp³-hybridized carbons (Fsp3) is 0.643. The van der Waals surface area contributed by atoms with E-state index in [1.807, 2.05) is 0 Å². The van der Waals surface area contributed by atoms with Crippen LogP contribution in [0.1, 0.15) is 32.1 Å². The van der Waals surface area contributed by atoms with Crippen LogP contribution >= 0.6 is 0 Å². The molecule has 0 amide bonds. The van der Waals surface area contributed by atoms with Crippen LogP contribution in [0.25, 0.3) is 0 Å². The molecule has 0 unspecified atom stereocenters. The van der Waals surface area contributed by atoms with Crippen molar-refractivity contribution in [2.24, 2.45) is 5.92 Å². The molecule has 112 valence electrons. The van der Waals surface area contributed by atoms with Crippen molar-refractivity contribution < 1.29 is 28.6 Å². The third kappa shape index (κ3) is 7.41. The molecule has 0 heterocycles. The molecule has 0 atom stereocenters. The van der Waals surface area contributed by atoms with Crippen LogP contribution in [0.15, 0.2) is 0 Å².